The maximum Gasteiger partial charge on any atom is 0.259 e. The summed E-state index contributed by atoms with van der Waals surface area (Å²) in [6.45, 7) is 1.97. The molecule has 0 saturated carbocycles. The summed E-state index contributed by atoms with van der Waals surface area (Å²) in [5, 5.41) is 12.3. The number of carbonyl (C=O) groups excluding carboxylic acids is 1. The van der Waals surface area contributed by atoms with Gasteiger partial charge in [-0.15, -0.1) is 0 Å². The Morgan fingerprint density at radius 2 is 2.05 bits per heavy atom. The van der Waals surface area contributed by atoms with Gasteiger partial charge in [0.15, 0.2) is 0 Å². The van der Waals surface area contributed by atoms with E-state index in [9.17, 15) is 14.3 Å². The average Bonchev–Trinajstić information content (AvgIpc) is 2.43. The minimum Gasteiger partial charge on any atom is -0.507 e. The molecule has 3 nitrogen and oxygen atoms in total. The number of carbonyl (C=O) groups is 1. The van der Waals surface area contributed by atoms with Crippen LogP contribution < -0.4 is 5.32 Å². The van der Waals surface area contributed by atoms with Crippen molar-refractivity contribution in [3.8, 4) is 5.75 Å². The third-order valence-electron chi connectivity index (χ3n) is 2.90. The zero-order valence-electron chi connectivity index (χ0n) is 10.8. The number of halogens is 2. The van der Waals surface area contributed by atoms with Crippen LogP contribution in [0.3, 0.4) is 0 Å². The molecule has 0 aliphatic heterocycles. The van der Waals surface area contributed by atoms with Crippen LogP contribution in [0, 0.1) is 5.82 Å². The van der Waals surface area contributed by atoms with Crippen molar-refractivity contribution < 1.29 is 14.3 Å². The summed E-state index contributed by atoms with van der Waals surface area (Å²) < 4.78 is 14.1. The molecule has 2 rings (SSSR count). The van der Waals surface area contributed by atoms with Gasteiger partial charge in [0.25, 0.3) is 5.91 Å². The van der Waals surface area contributed by atoms with Crippen LogP contribution in [0.5, 0.6) is 5.75 Å². The van der Waals surface area contributed by atoms with E-state index in [2.05, 4.69) is 21.2 Å². The number of amides is 1. The van der Waals surface area contributed by atoms with Gasteiger partial charge in [-0.05, 0) is 48.4 Å². The lowest BCUT2D eigenvalue weighted by Crippen LogP contribution is -2.13. The van der Waals surface area contributed by atoms with E-state index in [1.54, 1.807) is 12.1 Å². The van der Waals surface area contributed by atoms with Gasteiger partial charge in [-0.2, -0.15) is 0 Å². The quantitative estimate of drug-likeness (QED) is 0.885. The third-order valence-corrected chi connectivity index (χ3v) is 3.39. The summed E-state index contributed by atoms with van der Waals surface area (Å²) >= 11 is 3.37. The Labute approximate surface area is 124 Å². The van der Waals surface area contributed by atoms with E-state index in [4.69, 9.17) is 0 Å². The summed E-state index contributed by atoms with van der Waals surface area (Å²) in [5.74, 6) is -1.36. The van der Waals surface area contributed by atoms with Crippen molar-refractivity contribution in [1.82, 2.24) is 0 Å². The highest BCUT2D eigenvalue weighted by molar-refractivity contribution is 9.10. The number of rotatable bonds is 3. The molecule has 104 valence electrons. The zero-order valence-corrected chi connectivity index (χ0v) is 12.4. The molecular formula is C15H13BrFNO2. The number of anilines is 1. The maximum absolute atomic E-state index is 13.1. The zero-order chi connectivity index (χ0) is 14.7. The molecule has 20 heavy (non-hydrogen) atoms. The smallest absolute Gasteiger partial charge is 0.259 e. The Kier molecular flexibility index (Phi) is 4.39. The van der Waals surface area contributed by atoms with Crippen molar-refractivity contribution in [2.45, 2.75) is 13.3 Å². The van der Waals surface area contributed by atoms with Gasteiger partial charge in [-0.25, -0.2) is 4.39 Å². The Balaban J connectivity index is 2.30. The van der Waals surface area contributed by atoms with Crippen molar-refractivity contribution in [3.05, 3.63) is 57.8 Å². The van der Waals surface area contributed by atoms with Crippen LogP contribution in [0.1, 0.15) is 22.8 Å². The van der Waals surface area contributed by atoms with Crippen LogP contribution in [0.2, 0.25) is 0 Å². The largest absolute Gasteiger partial charge is 0.507 e. The van der Waals surface area contributed by atoms with E-state index in [0.717, 1.165) is 34.7 Å². The molecule has 0 heterocycles. The minimum absolute atomic E-state index is 0.0880. The number of hydrogen-bond donors (Lipinski definition) is 2. The number of benzene rings is 2. The van der Waals surface area contributed by atoms with Gasteiger partial charge >= 0.3 is 0 Å². The van der Waals surface area contributed by atoms with Crippen molar-refractivity contribution in [2.75, 3.05) is 5.32 Å². The van der Waals surface area contributed by atoms with Crippen LogP contribution in [0.4, 0.5) is 10.1 Å². The number of phenols is 1. The summed E-state index contributed by atoms with van der Waals surface area (Å²) in [5.41, 5.74) is 1.50. The predicted octanol–water partition coefficient (Wildman–Crippen LogP) is 4.11. The molecule has 0 aromatic heterocycles. The molecule has 0 unspecified atom stereocenters. The first-order valence-electron chi connectivity index (χ1n) is 6.09. The molecule has 1 amide bonds. The molecule has 2 N–H and O–H groups in total. The average molecular weight is 338 g/mol. The van der Waals surface area contributed by atoms with E-state index >= 15 is 0 Å². The summed E-state index contributed by atoms with van der Waals surface area (Å²) in [4.78, 5) is 12.1. The van der Waals surface area contributed by atoms with Crippen molar-refractivity contribution in [2.24, 2.45) is 0 Å². The van der Waals surface area contributed by atoms with E-state index in [1.807, 2.05) is 13.0 Å². The van der Waals surface area contributed by atoms with Gasteiger partial charge in [-0.1, -0.05) is 22.9 Å². The highest BCUT2D eigenvalue weighted by atomic mass is 79.9. The first-order valence-corrected chi connectivity index (χ1v) is 6.89. The van der Waals surface area contributed by atoms with Gasteiger partial charge in [0, 0.05) is 10.2 Å². The van der Waals surface area contributed by atoms with Gasteiger partial charge in [0.2, 0.25) is 0 Å². The first-order chi connectivity index (χ1) is 9.51. The highest BCUT2D eigenvalue weighted by Crippen LogP contribution is 2.24. The Hall–Kier alpha value is -1.88. The second-order valence-electron chi connectivity index (χ2n) is 4.27. The van der Waals surface area contributed by atoms with Crippen LogP contribution >= 0.6 is 15.9 Å². The van der Waals surface area contributed by atoms with Crippen molar-refractivity contribution >= 4 is 27.5 Å². The molecule has 0 aliphatic carbocycles. The highest BCUT2D eigenvalue weighted by Gasteiger charge is 2.14. The van der Waals surface area contributed by atoms with Crippen molar-refractivity contribution in [1.29, 1.82) is 0 Å². The van der Waals surface area contributed by atoms with Gasteiger partial charge in [0.05, 0.1) is 5.56 Å². The molecule has 0 spiro atoms. The molecule has 0 radical (unpaired) electrons. The lowest BCUT2D eigenvalue weighted by Gasteiger charge is -2.11. The standard InChI is InChI=1S/C15H13BrFNO2/c1-2-9-7-10(16)3-5-13(9)18-15(20)12-8-11(17)4-6-14(12)19/h3-8,19H,2H2,1H3,(H,18,20). The number of aromatic hydroxyl groups is 1. The molecule has 5 heteroatoms. The molecule has 0 saturated heterocycles. The predicted molar refractivity (Wildman–Crippen MR) is 79.5 cm³/mol. The molecule has 0 aliphatic rings. The number of hydrogen-bond acceptors (Lipinski definition) is 2. The van der Waals surface area contributed by atoms with Crippen LogP contribution in [0.15, 0.2) is 40.9 Å². The SMILES string of the molecule is CCc1cc(Br)ccc1NC(=O)c1cc(F)ccc1O. The van der Waals surface area contributed by atoms with E-state index < -0.39 is 11.7 Å². The molecule has 0 bridgehead atoms. The summed E-state index contributed by atoms with van der Waals surface area (Å²) in [7, 11) is 0. The number of aryl methyl sites for hydroxylation is 1. The fourth-order valence-electron chi connectivity index (χ4n) is 1.86. The van der Waals surface area contributed by atoms with Crippen LogP contribution in [-0.2, 0) is 6.42 Å². The third kappa shape index (κ3) is 3.17. The van der Waals surface area contributed by atoms with E-state index in [0.29, 0.717) is 5.69 Å². The molecule has 0 atom stereocenters. The van der Waals surface area contributed by atoms with Gasteiger partial charge in [0.1, 0.15) is 11.6 Å². The van der Waals surface area contributed by atoms with Gasteiger partial charge < -0.3 is 10.4 Å². The topological polar surface area (TPSA) is 49.3 Å². The van der Waals surface area contributed by atoms with Crippen molar-refractivity contribution in [3.63, 3.8) is 0 Å². The maximum atomic E-state index is 13.1. The lowest BCUT2D eigenvalue weighted by molar-refractivity contribution is 0.102. The second-order valence-corrected chi connectivity index (χ2v) is 5.19. The number of nitrogens with one attached hydrogen (secondary N) is 1. The van der Waals surface area contributed by atoms with Gasteiger partial charge in [-0.3, -0.25) is 4.79 Å². The molecule has 2 aromatic carbocycles. The summed E-state index contributed by atoms with van der Waals surface area (Å²) in [6, 6.07) is 8.74. The molecular weight excluding hydrogens is 325 g/mol. The summed E-state index contributed by atoms with van der Waals surface area (Å²) in [6.07, 6.45) is 0.740. The molecule has 0 fully saturated rings. The Morgan fingerprint density at radius 1 is 1.30 bits per heavy atom. The normalized spacial score (nSPS) is 10.3. The Bertz CT molecular complexity index is 658. The fourth-order valence-corrected chi connectivity index (χ4v) is 2.27. The minimum atomic E-state index is -0.570. The van der Waals surface area contributed by atoms with Crippen LogP contribution in [-0.4, -0.2) is 11.0 Å². The number of phenolic OH excluding ortho intramolecular Hbond substituents is 1. The lowest BCUT2D eigenvalue weighted by atomic mass is 10.1. The van der Waals surface area contributed by atoms with E-state index in [1.165, 1.54) is 0 Å². The van der Waals surface area contributed by atoms with E-state index in [-0.39, 0.29) is 11.3 Å². The molecule has 2 aromatic rings. The van der Waals surface area contributed by atoms with Crippen LogP contribution in [0.25, 0.3) is 0 Å². The second kappa shape index (κ2) is 6.05. The fraction of sp³-hybridized carbons (Fsp3) is 0.133. The Morgan fingerprint density at radius 3 is 2.75 bits per heavy atom. The first kappa shape index (κ1) is 14.5. The monoisotopic (exact) mass is 337 g/mol.